The molecule has 0 bridgehead atoms. The standard InChI is InChI=1S/C11H25N/c1-5-6-10(2)7-8-11(3)9-12-4/h10-12H,5-9H2,1-4H3. The number of nitrogens with one attached hydrogen (secondary N) is 1. The van der Waals surface area contributed by atoms with Gasteiger partial charge in [-0.05, 0) is 31.8 Å². The fourth-order valence-corrected chi connectivity index (χ4v) is 1.66. The summed E-state index contributed by atoms with van der Waals surface area (Å²) in [5, 5.41) is 3.22. The number of hydrogen-bond acceptors (Lipinski definition) is 1. The molecule has 0 aromatic rings. The van der Waals surface area contributed by atoms with Gasteiger partial charge >= 0.3 is 0 Å². The van der Waals surface area contributed by atoms with E-state index in [1.165, 1.54) is 32.2 Å². The summed E-state index contributed by atoms with van der Waals surface area (Å²) in [6.07, 6.45) is 5.51. The molecule has 1 nitrogen and oxygen atoms in total. The Labute approximate surface area is 77.9 Å². The van der Waals surface area contributed by atoms with Gasteiger partial charge < -0.3 is 5.32 Å². The lowest BCUT2D eigenvalue weighted by Gasteiger charge is -2.14. The van der Waals surface area contributed by atoms with E-state index in [2.05, 4.69) is 26.1 Å². The lowest BCUT2D eigenvalue weighted by molar-refractivity contribution is 0.402. The van der Waals surface area contributed by atoms with Gasteiger partial charge in [-0.3, -0.25) is 0 Å². The summed E-state index contributed by atoms with van der Waals surface area (Å²) >= 11 is 0. The number of hydrogen-bond donors (Lipinski definition) is 1. The molecular weight excluding hydrogens is 146 g/mol. The normalized spacial score (nSPS) is 16.0. The van der Waals surface area contributed by atoms with Crippen molar-refractivity contribution in [3.63, 3.8) is 0 Å². The van der Waals surface area contributed by atoms with E-state index < -0.39 is 0 Å². The molecule has 0 radical (unpaired) electrons. The maximum absolute atomic E-state index is 3.22. The Balaban J connectivity index is 3.27. The maximum atomic E-state index is 3.22. The van der Waals surface area contributed by atoms with Crippen LogP contribution < -0.4 is 5.32 Å². The highest BCUT2D eigenvalue weighted by Crippen LogP contribution is 2.15. The summed E-state index contributed by atoms with van der Waals surface area (Å²) in [6, 6.07) is 0. The molecule has 0 aromatic heterocycles. The van der Waals surface area contributed by atoms with Crippen molar-refractivity contribution in [1.82, 2.24) is 5.32 Å². The third kappa shape index (κ3) is 6.66. The minimum atomic E-state index is 0.842. The first-order valence-electron chi connectivity index (χ1n) is 5.35. The second kappa shape index (κ2) is 7.60. The molecule has 0 rings (SSSR count). The summed E-state index contributed by atoms with van der Waals surface area (Å²) in [5.74, 6) is 1.77. The smallest absolute Gasteiger partial charge is 0.00262 e. The molecule has 0 heterocycles. The van der Waals surface area contributed by atoms with Crippen molar-refractivity contribution in [1.29, 1.82) is 0 Å². The van der Waals surface area contributed by atoms with Crippen LogP contribution in [0.25, 0.3) is 0 Å². The summed E-state index contributed by atoms with van der Waals surface area (Å²) < 4.78 is 0. The fraction of sp³-hybridized carbons (Fsp3) is 1.00. The van der Waals surface area contributed by atoms with Crippen molar-refractivity contribution < 1.29 is 0 Å². The van der Waals surface area contributed by atoms with Gasteiger partial charge in [0.2, 0.25) is 0 Å². The molecule has 1 heteroatoms. The summed E-state index contributed by atoms with van der Waals surface area (Å²) in [7, 11) is 2.03. The predicted molar refractivity (Wildman–Crippen MR) is 56.4 cm³/mol. The van der Waals surface area contributed by atoms with Crippen molar-refractivity contribution in [3.8, 4) is 0 Å². The Kier molecular flexibility index (Phi) is 7.58. The van der Waals surface area contributed by atoms with Gasteiger partial charge in [-0.2, -0.15) is 0 Å². The van der Waals surface area contributed by atoms with Crippen LogP contribution in [-0.2, 0) is 0 Å². The molecule has 0 spiro atoms. The molecule has 0 saturated heterocycles. The SMILES string of the molecule is CCCC(C)CCC(C)CNC. The van der Waals surface area contributed by atoms with Gasteiger partial charge in [0.15, 0.2) is 0 Å². The van der Waals surface area contributed by atoms with Crippen LogP contribution >= 0.6 is 0 Å². The highest BCUT2D eigenvalue weighted by Gasteiger charge is 2.04. The molecule has 1 N–H and O–H groups in total. The van der Waals surface area contributed by atoms with Crippen LogP contribution in [0.5, 0.6) is 0 Å². The Hall–Kier alpha value is -0.0400. The minimum Gasteiger partial charge on any atom is -0.319 e. The van der Waals surface area contributed by atoms with E-state index in [0.717, 1.165) is 11.8 Å². The van der Waals surface area contributed by atoms with Crippen molar-refractivity contribution in [2.75, 3.05) is 13.6 Å². The summed E-state index contributed by atoms with van der Waals surface area (Å²) in [6.45, 7) is 8.14. The molecule has 0 fully saturated rings. The van der Waals surface area contributed by atoms with Crippen molar-refractivity contribution >= 4 is 0 Å². The lowest BCUT2D eigenvalue weighted by atomic mass is 9.95. The van der Waals surface area contributed by atoms with Crippen LogP contribution in [0, 0.1) is 11.8 Å². The van der Waals surface area contributed by atoms with Crippen molar-refractivity contribution in [3.05, 3.63) is 0 Å². The molecular formula is C11H25N. The van der Waals surface area contributed by atoms with Gasteiger partial charge in [-0.15, -0.1) is 0 Å². The van der Waals surface area contributed by atoms with Crippen LogP contribution in [0.1, 0.15) is 46.5 Å². The van der Waals surface area contributed by atoms with E-state index in [9.17, 15) is 0 Å². The molecule has 0 aromatic carbocycles. The largest absolute Gasteiger partial charge is 0.319 e. The third-order valence-corrected chi connectivity index (χ3v) is 2.49. The highest BCUT2D eigenvalue weighted by molar-refractivity contribution is 4.59. The molecule has 12 heavy (non-hydrogen) atoms. The molecule has 2 unspecified atom stereocenters. The lowest BCUT2D eigenvalue weighted by Crippen LogP contribution is -2.16. The second-order valence-corrected chi connectivity index (χ2v) is 4.13. The van der Waals surface area contributed by atoms with Crippen molar-refractivity contribution in [2.24, 2.45) is 11.8 Å². The first-order valence-corrected chi connectivity index (χ1v) is 5.35. The van der Waals surface area contributed by atoms with Crippen LogP contribution in [0.15, 0.2) is 0 Å². The maximum Gasteiger partial charge on any atom is -0.00262 e. The zero-order valence-corrected chi connectivity index (χ0v) is 9.19. The predicted octanol–water partition coefficient (Wildman–Crippen LogP) is 3.06. The van der Waals surface area contributed by atoms with Gasteiger partial charge in [-0.25, -0.2) is 0 Å². The monoisotopic (exact) mass is 171 g/mol. The summed E-state index contributed by atoms with van der Waals surface area (Å²) in [5.41, 5.74) is 0. The van der Waals surface area contributed by atoms with Gasteiger partial charge in [0.25, 0.3) is 0 Å². The van der Waals surface area contributed by atoms with Gasteiger partial charge in [-0.1, -0.05) is 40.0 Å². The molecule has 0 aliphatic heterocycles. The second-order valence-electron chi connectivity index (χ2n) is 4.13. The highest BCUT2D eigenvalue weighted by atomic mass is 14.8. The Bertz CT molecular complexity index is 79.0. The van der Waals surface area contributed by atoms with E-state index in [1.807, 2.05) is 7.05 Å². The molecule has 0 aliphatic rings. The van der Waals surface area contributed by atoms with E-state index >= 15 is 0 Å². The molecule has 0 saturated carbocycles. The molecule has 0 aliphatic carbocycles. The van der Waals surface area contributed by atoms with E-state index in [4.69, 9.17) is 0 Å². The molecule has 74 valence electrons. The van der Waals surface area contributed by atoms with Crippen LogP contribution in [0.2, 0.25) is 0 Å². The Morgan fingerprint density at radius 2 is 1.58 bits per heavy atom. The van der Waals surface area contributed by atoms with Gasteiger partial charge in [0, 0.05) is 0 Å². The molecule has 2 atom stereocenters. The average Bonchev–Trinajstić information content (AvgIpc) is 2.02. The van der Waals surface area contributed by atoms with Crippen LogP contribution in [-0.4, -0.2) is 13.6 Å². The molecule has 0 amide bonds. The van der Waals surface area contributed by atoms with Crippen LogP contribution in [0.4, 0.5) is 0 Å². The van der Waals surface area contributed by atoms with Crippen molar-refractivity contribution in [2.45, 2.75) is 46.5 Å². The quantitative estimate of drug-likeness (QED) is 0.621. The number of rotatable bonds is 7. The van der Waals surface area contributed by atoms with E-state index in [-0.39, 0.29) is 0 Å². The topological polar surface area (TPSA) is 12.0 Å². The summed E-state index contributed by atoms with van der Waals surface area (Å²) in [4.78, 5) is 0. The van der Waals surface area contributed by atoms with Crippen LogP contribution in [0.3, 0.4) is 0 Å². The Morgan fingerprint density at radius 3 is 2.08 bits per heavy atom. The zero-order valence-electron chi connectivity index (χ0n) is 9.19. The van der Waals surface area contributed by atoms with Gasteiger partial charge in [0.1, 0.15) is 0 Å². The van der Waals surface area contributed by atoms with E-state index in [1.54, 1.807) is 0 Å². The van der Waals surface area contributed by atoms with E-state index in [0.29, 0.717) is 0 Å². The third-order valence-electron chi connectivity index (χ3n) is 2.49. The zero-order chi connectivity index (χ0) is 9.40. The average molecular weight is 171 g/mol. The van der Waals surface area contributed by atoms with Gasteiger partial charge in [0.05, 0.1) is 0 Å². The minimum absolute atomic E-state index is 0.842. The first-order chi connectivity index (χ1) is 5.70. The Morgan fingerprint density at radius 1 is 1.00 bits per heavy atom. The first kappa shape index (κ1) is 12.0. The fourth-order valence-electron chi connectivity index (χ4n) is 1.66.